The Morgan fingerprint density at radius 3 is 2.19 bits per heavy atom. The van der Waals surface area contributed by atoms with E-state index in [9.17, 15) is 8.42 Å². The number of rotatable bonds is 3. The molecule has 5 nitrogen and oxygen atoms in total. The van der Waals surface area contributed by atoms with E-state index in [1.807, 2.05) is 0 Å². The molecule has 0 aliphatic carbocycles. The van der Waals surface area contributed by atoms with Crippen LogP contribution in [0.2, 0.25) is 0 Å². The maximum atomic E-state index is 11.8. The van der Waals surface area contributed by atoms with Crippen molar-refractivity contribution >= 4 is 15.7 Å². The van der Waals surface area contributed by atoms with Crippen LogP contribution in [0, 0.1) is 0 Å². The highest BCUT2D eigenvalue weighted by Gasteiger charge is 2.16. The topological polar surface area (TPSA) is 72.0 Å². The Bertz CT molecular complexity index is 555. The fourth-order valence-electron chi connectivity index (χ4n) is 1.13. The molecule has 0 bridgehead atoms. The molecule has 1 N–H and O–H groups in total. The number of sulfonamides is 1. The highest BCUT2D eigenvalue weighted by molar-refractivity contribution is 7.92. The van der Waals surface area contributed by atoms with E-state index in [1.54, 1.807) is 36.4 Å². The lowest BCUT2D eigenvalue weighted by Gasteiger charge is -2.05. The number of para-hydroxylation sites is 1. The van der Waals surface area contributed by atoms with Gasteiger partial charge < -0.3 is 0 Å². The summed E-state index contributed by atoms with van der Waals surface area (Å²) in [5.41, 5.74) is 0.481. The molecular formula is C10H9N3O2S. The Morgan fingerprint density at radius 2 is 1.56 bits per heavy atom. The van der Waals surface area contributed by atoms with Gasteiger partial charge in [0.05, 0.1) is 0 Å². The van der Waals surface area contributed by atoms with Crippen LogP contribution in [0.5, 0.6) is 0 Å². The summed E-state index contributed by atoms with van der Waals surface area (Å²) in [7, 11) is -3.69. The molecule has 6 heteroatoms. The van der Waals surface area contributed by atoms with Crippen LogP contribution in [-0.2, 0) is 10.0 Å². The average Bonchev–Trinajstić information content (AvgIpc) is 2.31. The SMILES string of the molecule is O=S(=O)(Nc1ccccc1)c1ncccn1. The first-order chi connectivity index (χ1) is 7.68. The van der Waals surface area contributed by atoms with E-state index in [0.717, 1.165) is 0 Å². The Hall–Kier alpha value is -1.95. The van der Waals surface area contributed by atoms with E-state index in [2.05, 4.69) is 14.7 Å². The molecule has 0 spiro atoms. The Balaban J connectivity index is 2.29. The fraction of sp³-hybridized carbons (Fsp3) is 0. The minimum Gasteiger partial charge on any atom is -0.277 e. The van der Waals surface area contributed by atoms with Gasteiger partial charge in [-0.2, -0.15) is 8.42 Å². The van der Waals surface area contributed by atoms with Gasteiger partial charge >= 0.3 is 0 Å². The molecule has 0 radical (unpaired) electrons. The second kappa shape index (κ2) is 4.28. The monoisotopic (exact) mass is 235 g/mol. The molecule has 0 saturated heterocycles. The van der Waals surface area contributed by atoms with Gasteiger partial charge in [0.2, 0.25) is 0 Å². The molecule has 2 rings (SSSR count). The molecule has 0 fully saturated rings. The highest BCUT2D eigenvalue weighted by Crippen LogP contribution is 2.11. The van der Waals surface area contributed by atoms with Gasteiger partial charge in [-0.15, -0.1) is 0 Å². The molecule has 1 heterocycles. The fourth-order valence-corrected chi connectivity index (χ4v) is 2.07. The summed E-state index contributed by atoms with van der Waals surface area (Å²) in [4.78, 5) is 7.37. The Labute approximate surface area is 93.2 Å². The zero-order valence-corrected chi connectivity index (χ0v) is 9.05. The van der Waals surface area contributed by atoms with E-state index < -0.39 is 10.0 Å². The second-order valence-corrected chi connectivity index (χ2v) is 4.58. The summed E-state index contributed by atoms with van der Waals surface area (Å²) in [5, 5.41) is -0.237. The van der Waals surface area contributed by atoms with E-state index in [1.165, 1.54) is 12.4 Å². The molecule has 82 valence electrons. The van der Waals surface area contributed by atoms with Gasteiger partial charge in [0, 0.05) is 18.1 Å². The number of hydrogen-bond acceptors (Lipinski definition) is 4. The van der Waals surface area contributed by atoms with Crippen LogP contribution in [0.1, 0.15) is 0 Å². The minimum atomic E-state index is -3.69. The first kappa shape index (κ1) is 10.6. The first-order valence-corrected chi connectivity index (χ1v) is 6.02. The van der Waals surface area contributed by atoms with Crippen molar-refractivity contribution in [2.45, 2.75) is 5.16 Å². The van der Waals surface area contributed by atoms with E-state index >= 15 is 0 Å². The molecular weight excluding hydrogens is 226 g/mol. The molecule has 1 aromatic heterocycles. The Morgan fingerprint density at radius 1 is 0.938 bits per heavy atom. The van der Waals surface area contributed by atoms with Crippen molar-refractivity contribution in [1.82, 2.24) is 9.97 Å². The molecule has 0 unspecified atom stereocenters. The van der Waals surface area contributed by atoms with Crippen LogP contribution >= 0.6 is 0 Å². The third-order valence-corrected chi connectivity index (χ3v) is 3.00. The van der Waals surface area contributed by atoms with E-state index in [0.29, 0.717) is 5.69 Å². The first-order valence-electron chi connectivity index (χ1n) is 4.53. The van der Waals surface area contributed by atoms with Gasteiger partial charge in [-0.05, 0) is 18.2 Å². The maximum absolute atomic E-state index is 11.8. The van der Waals surface area contributed by atoms with Gasteiger partial charge in [0.25, 0.3) is 15.2 Å². The molecule has 0 aliphatic heterocycles. The van der Waals surface area contributed by atoms with Crippen molar-refractivity contribution in [2.75, 3.05) is 4.72 Å². The molecule has 0 aliphatic rings. The van der Waals surface area contributed by atoms with Crippen LogP contribution in [-0.4, -0.2) is 18.4 Å². The highest BCUT2D eigenvalue weighted by atomic mass is 32.2. The number of nitrogens with one attached hydrogen (secondary N) is 1. The predicted molar refractivity (Wildman–Crippen MR) is 59.3 cm³/mol. The van der Waals surface area contributed by atoms with Crippen molar-refractivity contribution in [1.29, 1.82) is 0 Å². The largest absolute Gasteiger partial charge is 0.297 e. The maximum Gasteiger partial charge on any atom is 0.297 e. The number of aromatic nitrogens is 2. The van der Waals surface area contributed by atoms with Gasteiger partial charge in [0.15, 0.2) is 0 Å². The standard InChI is InChI=1S/C10H9N3O2S/c14-16(15,10-11-7-4-8-12-10)13-9-5-2-1-3-6-9/h1-8,13H. The number of anilines is 1. The summed E-state index contributed by atoms with van der Waals surface area (Å²) in [6.45, 7) is 0. The third-order valence-electron chi connectivity index (χ3n) is 1.81. The van der Waals surface area contributed by atoms with Crippen molar-refractivity contribution in [3.8, 4) is 0 Å². The second-order valence-electron chi connectivity index (χ2n) is 3.00. The van der Waals surface area contributed by atoms with E-state index in [-0.39, 0.29) is 5.16 Å². The summed E-state index contributed by atoms with van der Waals surface area (Å²) in [6, 6.07) is 10.1. The van der Waals surface area contributed by atoms with E-state index in [4.69, 9.17) is 0 Å². The molecule has 0 atom stereocenters. The summed E-state index contributed by atoms with van der Waals surface area (Å²) >= 11 is 0. The van der Waals surface area contributed by atoms with Gasteiger partial charge in [0.1, 0.15) is 0 Å². The van der Waals surface area contributed by atoms with Crippen LogP contribution < -0.4 is 4.72 Å². The molecule has 0 amide bonds. The number of nitrogens with zero attached hydrogens (tertiary/aromatic N) is 2. The lowest BCUT2D eigenvalue weighted by atomic mass is 10.3. The van der Waals surface area contributed by atoms with Crippen LogP contribution in [0.3, 0.4) is 0 Å². The smallest absolute Gasteiger partial charge is 0.277 e. The average molecular weight is 235 g/mol. The molecule has 0 saturated carbocycles. The predicted octanol–water partition coefficient (Wildman–Crippen LogP) is 1.28. The van der Waals surface area contributed by atoms with Gasteiger partial charge in [-0.1, -0.05) is 18.2 Å². The quantitative estimate of drug-likeness (QED) is 0.813. The van der Waals surface area contributed by atoms with Crippen molar-refractivity contribution in [3.05, 3.63) is 48.8 Å². The lowest BCUT2D eigenvalue weighted by Crippen LogP contribution is -2.15. The summed E-state index contributed by atoms with van der Waals surface area (Å²) < 4.78 is 25.9. The van der Waals surface area contributed by atoms with Crippen molar-refractivity contribution in [2.24, 2.45) is 0 Å². The van der Waals surface area contributed by atoms with Gasteiger partial charge in [-0.25, -0.2) is 9.97 Å². The van der Waals surface area contributed by atoms with Crippen LogP contribution in [0.4, 0.5) is 5.69 Å². The minimum absolute atomic E-state index is 0.237. The van der Waals surface area contributed by atoms with Crippen molar-refractivity contribution < 1.29 is 8.42 Å². The van der Waals surface area contributed by atoms with Crippen LogP contribution in [0.15, 0.2) is 53.9 Å². The van der Waals surface area contributed by atoms with Crippen LogP contribution in [0.25, 0.3) is 0 Å². The zero-order chi connectivity index (χ0) is 11.4. The number of hydrogen-bond donors (Lipinski definition) is 1. The zero-order valence-electron chi connectivity index (χ0n) is 8.24. The summed E-state index contributed by atoms with van der Waals surface area (Å²) in [6.07, 6.45) is 2.76. The third kappa shape index (κ3) is 2.34. The molecule has 16 heavy (non-hydrogen) atoms. The summed E-state index contributed by atoms with van der Waals surface area (Å²) in [5.74, 6) is 0. The van der Waals surface area contributed by atoms with Crippen molar-refractivity contribution in [3.63, 3.8) is 0 Å². The molecule has 1 aromatic carbocycles. The normalized spacial score (nSPS) is 11.0. The Kier molecular flexibility index (Phi) is 2.82. The number of benzene rings is 1. The molecule has 2 aromatic rings. The van der Waals surface area contributed by atoms with Gasteiger partial charge in [-0.3, -0.25) is 4.72 Å². The lowest BCUT2D eigenvalue weighted by molar-refractivity contribution is 0.592.